The number of ketones is 1. The number of fused-ring (bicyclic) bond motifs is 1. The third-order valence-electron chi connectivity index (χ3n) is 5.68. The van der Waals surface area contributed by atoms with Gasteiger partial charge in [-0.15, -0.1) is 0 Å². The Hall–Kier alpha value is -3.02. The van der Waals surface area contributed by atoms with Crippen molar-refractivity contribution < 1.29 is 14.0 Å². The van der Waals surface area contributed by atoms with E-state index in [1.807, 2.05) is 0 Å². The molecule has 0 radical (unpaired) electrons. The molecule has 6 heteroatoms. The molecule has 150 valence electrons. The number of halogens is 1. The van der Waals surface area contributed by atoms with Crippen molar-refractivity contribution in [3.05, 3.63) is 71.4 Å². The molecule has 2 heterocycles. The summed E-state index contributed by atoms with van der Waals surface area (Å²) in [4.78, 5) is 29.2. The van der Waals surface area contributed by atoms with Crippen LogP contribution in [-0.4, -0.2) is 27.6 Å². The second-order valence-corrected chi connectivity index (χ2v) is 7.67. The van der Waals surface area contributed by atoms with Gasteiger partial charge >= 0.3 is 0 Å². The molecule has 0 unspecified atom stereocenters. The molecule has 3 aromatic rings. The van der Waals surface area contributed by atoms with Crippen LogP contribution in [0.4, 0.5) is 4.39 Å². The Labute approximate surface area is 169 Å². The highest BCUT2D eigenvalue weighted by atomic mass is 19.1. The molecule has 1 amide bonds. The monoisotopic (exact) mass is 393 g/mol. The van der Waals surface area contributed by atoms with Gasteiger partial charge in [-0.1, -0.05) is 44.2 Å². The number of nitrogens with zero attached hydrogens (tertiary/aromatic N) is 2. The predicted octanol–water partition coefficient (Wildman–Crippen LogP) is 4.40. The van der Waals surface area contributed by atoms with Gasteiger partial charge in [0.25, 0.3) is 5.91 Å². The third kappa shape index (κ3) is 4.36. The lowest BCUT2D eigenvalue weighted by atomic mass is 9.87. The van der Waals surface area contributed by atoms with Crippen molar-refractivity contribution in [3.63, 3.8) is 0 Å². The van der Waals surface area contributed by atoms with Crippen molar-refractivity contribution >= 4 is 17.3 Å². The molecule has 1 fully saturated rings. The van der Waals surface area contributed by atoms with Crippen molar-refractivity contribution in [1.29, 1.82) is 0 Å². The van der Waals surface area contributed by atoms with Gasteiger partial charge in [-0.3, -0.25) is 14.0 Å². The first kappa shape index (κ1) is 19.3. The van der Waals surface area contributed by atoms with Gasteiger partial charge in [-0.05, 0) is 30.5 Å². The quantitative estimate of drug-likeness (QED) is 0.631. The van der Waals surface area contributed by atoms with Gasteiger partial charge in [-0.2, -0.15) is 0 Å². The molecule has 0 atom stereocenters. The minimum Gasteiger partial charge on any atom is -0.352 e. The number of rotatable bonds is 6. The Morgan fingerprint density at radius 1 is 1.07 bits per heavy atom. The molecule has 1 aliphatic rings. The van der Waals surface area contributed by atoms with E-state index in [1.54, 1.807) is 28.7 Å². The summed E-state index contributed by atoms with van der Waals surface area (Å²) in [5.74, 6) is -0.0256. The summed E-state index contributed by atoms with van der Waals surface area (Å²) in [5, 5.41) is 2.98. The van der Waals surface area contributed by atoms with E-state index >= 15 is 0 Å². The fraction of sp³-hybridized carbons (Fsp3) is 0.348. The molecule has 0 spiro atoms. The second kappa shape index (κ2) is 8.55. The Morgan fingerprint density at radius 3 is 2.55 bits per heavy atom. The van der Waals surface area contributed by atoms with Crippen LogP contribution >= 0.6 is 0 Å². The normalized spacial score (nSPS) is 14.8. The van der Waals surface area contributed by atoms with Crippen LogP contribution in [0.3, 0.4) is 0 Å². The lowest BCUT2D eigenvalue weighted by Gasteiger charge is -2.21. The standard InChI is InChI=1S/C23H24FN3O2/c24-19-11-13-27-20(15-26-21(27)14-19)22(28)17-6-8-18(9-7-17)23(29)25-12-10-16-4-2-1-3-5-16/h6-9,11,13-16H,1-5,10,12H2,(H,25,29). The van der Waals surface area contributed by atoms with Gasteiger partial charge in [-0.25, -0.2) is 9.37 Å². The largest absolute Gasteiger partial charge is 0.352 e. The fourth-order valence-corrected chi connectivity index (χ4v) is 4.01. The average Bonchev–Trinajstić information content (AvgIpc) is 3.17. The van der Waals surface area contributed by atoms with Crippen molar-refractivity contribution in [1.82, 2.24) is 14.7 Å². The number of aromatic nitrogens is 2. The first-order chi connectivity index (χ1) is 14.1. The van der Waals surface area contributed by atoms with E-state index in [9.17, 15) is 14.0 Å². The number of amides is 1. The molecule has 1 aliphatic carbocycles. The zero-order valence-electron chi connectivity index (χ0n) is 16.2. The van der Waals surface area contributed by atoms with Crippen LogP contribution in [0.25, 0.3) is 5.65 Å². The Balaban J connectivity index is 1.38. The van der Waals surface area contributed by atoms with E-state index in [-0.39, 0.29) is 11.7 Å². The summed E-state index contributed by atoms with van der Waals surface area (Å²) in [7, 11) is 0. The summed E-state index contributed by atoms with van der Waals surface area (Å²) >= 11 is 0. The summed E-state index contributed by atoms with van der Waals surface area (Å²) in [6, 6.07) is 9.16. The summed E-state index contributed by atoms with van der Waals surface area (Å²) in [6.45, 7) is 0.683. The topological polar surface area (TPSA) is 63.5 Å². The van der Waals surface area contributed by atoms with Crippen molar-refractivity contribution in [2.45, 2.75) is 38.5 Å². The minimum absolute atomic E-state index is 0.120. The highest BCUT2D eigenvalue weighted by Gasteiger charge is 2.16. The Kier molecular flexibility index (Phi) is 5.69. The highest BCUT2D eigenvalue weighted by molar-refractivity contribution is 6.08. The number of benzene rings is 1. The first-order valence-electron chi connectivity index (χ1n) is 10.2. The molecule has 1 N–H and O–H groups in total. The van der Waals surface area contributed by atoms with Gasteiger partial charge < -0.3 is 5.32 Å². The van der Waals surface area contributed by atoms with Crippen molar-refractivity contribution in [2.24, 2.45) is 5.92 Å². The number of carbonyl (C=O) groups is 2. The van der Waals surface area contributed by atoms with E-state index in [4.69, 9.17) is 0 Å². The van der Waals surface area contributed by atoms with Gasteiger partial charge in [0.1, 0.15) is 17.2 Å². The maximum atomic E-state index is 13.3. The fourth-order valence-electron chi connectivity index (χ4n) is 4.01. The molecule has 1 saturated carbocycles. The van der Waals surface area contributed by atoms with Crippen LogP contribution < -0.4 is 5.32 Å². The van der Waals surface area contributed by atoms with Gasteiger partial charge in [0.2, 0.25) is 5.78 Å². The van der Waals surface area contributed by atoms with Crippen LogP contribution in [0.2, 0.25) is 0 Å². The summed E-state index contributed by atoms with van der Waals surface area (Å²) in [6.07, 6.45) is 10.4. The maximum Gasteiger partial charge on any atom is 0.251 e. The minimum atomic E-state index is -0.402. The number of nitrogens with one attached hydrogen (secondary N) is 1. The molecule has 5 nitrogen and oxygen atoms in total. The summed E-state index contributed by atoms with van der Waals surface area (Å²) < 4.78 is 14.9. The maximum absolute atomic E-state index is 13.3. The first-order valence-corrected chi connectivity index (χ1v) is 10.2. The van der Waals surface area contributed by atoms with E-state index in [0.717, 1.165) is 12.3 Å². The SMILES string of the molecule is O=C(NCCC1CCCCC1)c1ccc(C(=O)c2cnc3cc(F)ccn23)cc1. The van der Waals surface area contributed by atoms with E-state index in [2.05, 4.69) is 10.3 Å². The number of hydrogen-bond donors (Lipinski definition) is 1. The van der Waals surface area contributed by atoms with Crippen molar-refractivity contribution in [2.75, 3.05) is 6.54 Å². The van der Waals surface area contributed by atoms with Crippen LogP contribution in [0.5, 0.6) is 0 Å². The number of imidazole rings is 1. The second-order valence-electron chi connectivity index (χ2n) is 7.67. The van der Waals surface area contributed by atoms with E-state index < -0.39 is 5.82 Å². The zero-order valence-corrected chi connectivity index (χ0v) is 16.2. The smallest absolute Gasteiger partial charge is 0.251 e. The number of carbonyl (C=O) groups excluding carboxylic acids is 2. The predicted molar refractivity (Wildman–Crippen MR) is 109 cm³/mol. The lowest BCUT2D eigenvalue weighted by molar-refractivity contribution is 0.0948. The Bertz CT molecular complexity index is 1020. The van der Waals surface area contributed by atoms with E-state index in [0.29, 0.717) is 29.0 Å². The average molecular weight is 393 g/mol. The molecule has 29 heavy (non-hydrogen) atoms. The molecule has 1 aromatic carbocycles. The van der Waals surface area contributed by atoms with Crippen molar-refractivity contribution in [3.8, 4) is 0 Å². The molecular formula is C23H24FN3O2. The molecule has 0 saturated heterocycles. The van der Waals surface area contributed by atoms with Crippen LogP contribution in [0, 0.1) is 11.7 Å². The Morgan fingerprint density at radius 2 is 1.79 bits per heavy atom. The number of hydrogen-bond acceptors (Lipinski definition) is 3. The van der Waals surface area contributed by atoms with E-state index in [1.165, 1.54) is 56.6 Å². The molecule has 0 aliphatic heterocycles. The van der Waals surface area contributed by atoms with Gasteiger partial charge in [0.15, 0.2) is 0 Å². The lowest BCUT2D eigenvalue weighted by Crippen LogP contribution is -2.26. The zero-order chi connectivity index (χ0) is 20.2. The van der Waals surface area contributed by atoms with Gasteiger partial charge in [0.05, 0.1) is 6.20 Å². The van der Waals surface area contributed by atoms with Crippen LogP contribution in [0.1, 0.15) is 64.9 Å². The van der Waals surface area contributed by atoms with Crippen LogP contribution in [0.15, 0.2) is 48.8 Å². The third-order valence-corrected chi connectivity index (χ3v) is 5.68. The molecular weight excluding hydrogens is 369 g/mol. The summed E-state index contributed by atoms with van der Waals surface area (Å²) in [5.41, 5.74) is 1.72. The van der Waals surface area contributed by atoms with Crippen LogP contribution in [-0.2, 0) is 0 Å². The molecule has 0 bridgehead atoms. The number of pyridine rings is 1. The highest BCUT2D eigenvalue weighted by Crippen LogP contribution is 2.25. The molecule has 2 aromatic heterocycles. The van der Waals surface area contributed by atoms with Gasteiger partial charge in [0, 0.05) is 29.9 Å². The molecule has 4 rings (SSSR count).